The summed E-state index contributed by atoms with van der Waals surface area (Å²) in [4.78, 5) is 14.9. The molecule has 108 valence electrons. The van der Waals surface area contributed by atoms with Gasteiger partial charge in [0.2, 0.25) is 5.91 Å². The summed E-state index contributed by atoms with van der Waals surface area (Å²) >= 11 is 1.62. The molecule has 2 aromatic carbocycles. The van der Waals surface area contributed by atoms with E-state index in [-0.39, 0.29) is 12.5 Å². The number of nitrogens with zero attached hydrogens (tertiary/aromatic N) is 1. The van der Waals surface area contributed by atoms with Crippen LogP contribution in [0.4, 0.5) is 14.5 Å². The van der Waals surface area contributed by atoms with Gasteiger partial charge >= 0.3 is 0 Å². The molecule has 1 heterocycles. The molecule has 1 aliphatic rings. The first-order chi connectivity index (χ1) is 10.1. The van der Waals surface area contributed by atoms with E-state index in [0.717, 1.165) is 16.6 Å². The van der Waals surface area contributed by atoms with Gasteiger partial charge in [-0.05, 0) is 29.8 Å². The predicted molar refractivity (Wildman–Crippen MR) is 79.3 cm³/mol. The minimum atomic E-state index is -0.630. The van der Waals surface area contributed by atoms with Crippen LogP contribution in [-0.2, 0) is 11.3 Å². The molecule has 5 heteroatoms. The fraction of sp³-hybridized carbons (Fsp3) is 0.188. The van der Waals surface area contributed by atoms with Crippen molar-refractivity contribution in [2.24, 2.45) is 0 Å². The molecule has 0 radical (unpaired) electrons. The Labute approximate surface area is 125 Å². The number of thioether (sulfide) groups is 1. The summed E-state index contributed by atoms with van der Waals surface area (Å²) in [5.41, 5.74) is 1.25. The van der Waals surface area contributed by atoms with E-state index >= 15 is 0 Å². The Hall–Kier alpha value is -1.88. The quantitative estimate of drug-likeness (QED) is 0.836. The van der Waals surface area contributed by atoms with Crippen molar-refractivity contribution in [3.8, 4) is 0 Å². The first-order valence-corrected chi connectivity index (χ1v) is 7.59. The van der Waals surface area contributed by atoms with Crippen molar-refractivity contribution in [3.05, 3.63) is 59.7 Å². The first-order valence-electron chi connectivity index (χ1n) is 6.60. The van der Waals surface area contributed by atoms with Crippen LogP contribution in [0.25, 0.3) is 0 Å². The Bertz CT molecular complexity index is 669. The van der Waals surface area contributed by atoms with E-state index in [1.807, 2.05) is 24.3 Å². The maximum absolute atomic E-state index is 13.3. The Kier molecular flexibility index (Phi) is 3.92. The van der Waals surface area contributed by atoms with Crippen molar-refractivity contribution < 1.29 is 13.6 Å². The van der Waals surface area contributed by atoms with Crippen LogP contribution >= 0.6 is 11.8 Å². The Balaban J connectivity index is 1.97. The van der Waals surface area contributed by atoms with Crippen molar-refractivity contribution in [1.82, 2.24) is 0 Å². The second-order valence-corrected chi connectivity index (χ2v) is 5.96. The summed E-state index contributed by atoms with van der Waals surface area (Å²) in [6.07, 6.45) is 0.414. The monoisotopic (exact) mass is 305 g/mol. The van der Waals surface area contributed by atoms with Gasteiger partial charge in [-0.15, -0.1) is 11.8 Å². The van der Waals surface area contributed by atoms with Crippen molar-refractivity contribution in [2.75, 3.05) is 10.7 Å². The van der Waals surface area contributed by atoms with Crippen LogP contribution in [0.5, 0.6) is 0 Å². The summed E-state index contributed by atoms with van der Waals surface area (Å²) in [6.45, 7) is 0.172. The van der Waals surface area contributed by atoms with Crippen LogP contribution in [0.15, 0.2) is 47.4 Å². The Morgan fingerprint density at radius 2 is 1.81 bits per heavy atom. The summed E-state index contributed by atoms with van der Waals surface area (Å²) in [7, 11) is 0. The molecule has 0 N–H and O–H groups in total. The van der Waals surface area contributed by atoms with Gasteiger partial charge < -0.3 is 4.90 Å². The molecule has 1 amide bonds. The van der Waals surface area contributed by atoms with E-state index in [1.165, 1.54) is 12.1 Å². The molecule has 2 nitrogen and oxygen atoms in total. The molecule has 0 saturated carbocycles. The highest BCUT2D eigenvalue weighted by molar-refractivity contribution is 7.99. The standard InChI is InChI=1S/C16H13F2NOS/c17-12-7-11(8-13(18)9-12)10-19-14-3-1-2-4-15(14)21-6-5-16(19)20/h1-4,7-9H,5-6,10H2. The maximum atomic E-state index is 13.3. The van der Waals surface area contributed by atoms with Gasteiger partial charge in [-0.2, -0.15) is 0 Å². The Morgan fingerprint density at radius 1 is 1.10 bits per heavy atom. The number of anilines is 1. The lowest BCUT2D eigenvalue weighted by Crippen LogP contribution is -2.30. The molecule has 0 bridgehead atoms. The molecule has 2 aromatic rings. The number of benzene rings is 2. The molecule has 0 atom stereocenters. The van der Waals surface area contributed by atoms with Crippen molar-refractivity contribution in [1.29, 1.82) is 0 Å². The van der Waals surface area contributed by atoms with E-state index in [2.05, 4.69) is 0 Å². The molecule has 0 fully saturated rings. The number of carbonyl (C=O) groups is 1. The van der Waals surface area contributed by atoms with Crippen LogP contribution in [0, 0.1) is 11.6 Å². The van der Waals surface area contributed by atoms with Gasteiger partial charge in [0, 0.05) is 23.1 Å². The number of rotatable bonds is 2. The predicted octanol–water partition coefficient (Wildman–Crippen LogP) is 3.99. The van der Waals surface area contributed by atoms with E-state index in [4.69, 9.17) is 0 Å². The largest absolute Gasteiger partial charge is 0.307 e. The third kappa shape index (κ3) is 3.08. The third-order valence-electron chi connectivity index (χ3n) is 3.29. The summed E-state index contributed by atoms with van der Waals surface area (Å²) in [5, 5.41) is 0. The smallest absolute Gasteiger partial charge is 0.228 e. The molecule has 0 saturated heterocycles. The van der Waals surface area contributed by atoms with Crippen molar-refractivity contribution in [2.45, 2.75) is 17.9 Å². The molecule has 1 aliphatic heterocycles. The van der Waals surface area contributed by atoms with E-state index in [1.54, 1.807) is 16.7 Å². The molecule has 21 heavy (non-hydrogen) atoms. The molecule has 0 unspecified atom stereocenters. The normalized spacial score (nSPS) is 14.8. The topological polar surface area (TPSA) is 20.3 Å². The van der Waals surface area contributed by atoms with Crippen molar-refractivity contribution in [3.63, 3.8) is 0 Å². The lowest BCUT2D eigenvalue weighted by Gasteiger charge is -2.22. The molecule has 0 spiro atoms. The number of para-hydroxylation sites is 1. The summed E-state index contributed by atoms with van der Waals surface area (Å²) < 4.78 is 26.6. The van der Waals surface area contributed by atoms with Gasteiger partial charge in [-0.3, -0.25) is 4.79 Å². The van der Waals surface area contributed by atoms with Crippen molar-refractivity contribution >= 4 is 23.4 Å². The summed E-state index contributed by atoms with van der Waals surface area (Å²) in [5.74, 6) is -0.578. The van der Waals surface area contributed by atoms with E-state index in [9.17, 15) is 13.6 Å². The number of halogens is 2. The summed E-state index contributed by atoms with van der Waals surface area (Å²) in [6, 6.07) is 10.9. The minimum Gasteiger partial charge on any atom is -0.307 e. The lowest BCUT2D eigenvalue weighted by molar-refractivity contribution is -0.118. The van der Waals surface area contributed by atoms with Crippen LogP contribution in [-0.4, -0.2) is 11.7 Å². The zero-order valence-corrected chi connectivity index (χ0v) is 12.0. The van der Waals surface area contributed by atoms with Gasteiger partial charge in [0.1, 0.15) is 11.6 Å². The van der Waals surface area contributed by atoms with Crippen LogP contribution in [0.2, 0.25) is 0 Å². The molecule has 0 aliphatic carbocycles. The zero-order chi connectivity index (χ0) is 14.8. The van der Waals surface area contributed by atoms with E-state index < -0.39 is 11.6 Å². The molecular weight excluding hydrogens is 292 g/mol. The van der Waals surface area contributed by atoms with Crippen LogP contribution in [0.3, 0.4) is 0 Å². The first kappa shape index (κ1) is 14.1. The van der Waals surface area contributed by atoms with Gasteiger partial charge in [0.05, 0.1) is 12.2 Å². The number of fused-ring (bicyclic) bond motifs is 1. The average molecular weight is 305 g/mol. The highest BCUT2D eigenvalue weighted by atomic mass is 32.2. The number of hydrogen-bond acceptors (Lipinski definition) is 2. The SMILES string of the molecule is O=C1CCSc2ccccc2N1Cc1cc(F)cc(F)c1. The minimum absolute atomic E-state index is 0.0304. The molecule has 3 rings (SSSR count). The van der Waals surface area contributed by atoms with Gasteiger partial charge in [-0.25, -0.2) is 8.78 Å². The van der Waals surface area contributed by atoms with E-state index in [0.29, 0.717) is 17.7 Å². The number of amides is 1. The van der Waals surface area contributed by atoms with Crippen LogP contribution in [0.1, 0.15) is 12.0 Å². The number of hydrogen-bond donors (Lipinski definition) is 0. The Morgan fingerprint density at radius 3 is 2.57 bits per heavy atom. The molecule has 0 aromatic heterocycles. The maximum Gasteiger partial charge on any atom is 0.228 e. The third-order valence-corrected chi connectivity index (χ3v) is 4.36. The highest BCUT2D eigenvalue weighted by Gasteiger charge is 2.22. The lowest BCUT2D eigenvalue weighted by atomic mass is 10.1. The second kappa shape index (κ2) is 5.85. The fourth-order valence-corrected chi connectivity index (χ4v) is 3.38. The number of carbonyl (C=O) groups excluding carboxylic acids is 1. The fourth-order valence-electron chi connectivity index (χ4n) is 2.38. The van der Waals surface area contributed by atoms with Gasteiger partial charge in [0.15, 0.2) is 0 Å². The highest BCUT2D eigenvalue weighted by Crippen LogP contribution is 2.34. The van der Waals surface area contributed by atoms with Crippen LogP contribution < -0.4 is 4.90 Å². The molecular formula is C16H13F2NOS. The van der Waals surface area contributed by atoms with Gasteiger partial charge in [-0.1, -0.05) is 12.1 Å². The van der Waals surface area contributed by atoms with Gasteiger partial charge in [0.25, 0.3) is 0 Å². The zero-order valence-electron chi connectivity index (χ0n) is 11.2. The average Bonchev–Trinajstić information content (AvgIpc) is 2.58. The second-order valence-electron chi connectivity index (χ2n) is 4.82.